The maximum absolute atomic E-state index is 11.7. The third kappa shape index (κ3) is 3.65. The summed E-state index contributed by atoms with van der Waals surface area (Å²) < 4.78 is 5.24. The number of H-pyrrole nitrogens is 2. The molecule has 0 aliphatic carbocycles. The molecule has 0 aliphatic rings. The fourth-order valence-electron chi connectivity index (χ4n) is 1.95. The number of rotatable bonds is 6. The molecule has 10 heteroatoms. The molecule has 0 fully saturated rings. The van der Waals surface area contributed by atoms with E-state index in [4.69, 9.17) is 4.52 Å². The lowest BCUT2D eigenvalue weighted by Gasteiger charge is -2.06. The summed E-state index contributed by atoms with van der Waals surface area (Å²) >= 11 is 1.35. The lowest BCUT2D eigenvalue weighted by molar-refractivity contribution is 0.380. The van der Waals surface area contributed by atoms with E-state index in [0.29, 0.717) is 22.7 Å². The largest absolute Gasteiger partial charge is 0.338 e. The molecule has 0 spiro atoms. The van der Waals surface area contributed by atoms with Crippen LogP contribution in [0.1, 0.15) is 37.1 Å². The number of hydrogen-bond acceptors (Lipinski definition) is 8. The smallest absolute Gasteiger partial charge is 0.251 e. The van der Waals surface area contributed by atoms with Gasteiger partial charge in [-0.05, 0) is 13.3 Å². The van der Waals surface area contributed by atoms with Gasteiger partial charge in [-0.15, -0.1) is 0 Å². The molecular weight excluding hydrogens is 318 g/mol. The lowest BCUT2D eigenvalue weighted by Crippen LogP contribution is -2.10. The summed E-state index contributed by atoms with van der Waals surface area (Å²) in [6, 6.07) is 1.52. The Morgan fingerprint density at radius 2 is 2.26 bits per heavy atom. The molecule has 3 aromatic heterocycles. The highest BCUT2D eigenvalue weighted by Gasteiger charge is 2.19. The minimum Gasteiger partial charge on any atom is -0.338 e. The van der Waals surface area contributed by atoms with Crippen LogP contribution in [0.5, 0.6) is 0 Å². The number of thioether (sulfide) groups is 1. The van der Waals surface area contributed by atoms with Crippen molar-refractivity contribution in [3.8, 4) is 11.6 Å². The monoisotopic (exact) mass is 333 g/mol. The number of nitrogens with zero attached hydrogens (tertiary/aromatic N) is 5. The number of aromatic amines is 2. The zero-order valence-corrected chi connectivity index (χ0v) is 13.4. The fraction of sp³-hybridized carbons (Fsp3) is 0.385. The number of aromatic nitrogens is 7. The first kappa shape index (κ1) is 15.4. The van der Waals surface area contributed by atoms with Gasteiger partial charge in [-0.3, -0.25) is 9.89 Å². The minimum absolute atomic E-state index is 0.161. The normalized spacial score (nSPS) is 12.4. The Bertz CT molecular complexity index is 827. The molecule has 0 saturated carbocycles. The number of nitrogens with one attached hydrogen (secondary N) is 2. The maximum Gasteiger partial charge on any atom is 0.251 e. The van der Waals surface area contributed by atoms with Crippen LogP contribution in [0, 0.1) is 0 Å². The Labute approximate surface area is 135 Å². The van der Waals surface area contributed by atoms with Crippen LogP contribution in [0.25, 0.3) is 11.6 Å². The quantitative estimate of drug-likeness (QED) is 0.516. The van der Waals surface area contributed by atoms with E-state index in [9.17, 15) is 4.79 Å². The van der Waals surface area contributed by atoms with Crippen molar-refractivity contribution < 1.29 is 4.52 Å². The predicted molar refractivity (Wildman–Crippen MR) is 82.8 cm³/mol. The van der Waals surface area contributed by atoms with Crippen molar-refractivity contribution in [3.63, 3.8) is 0 Å². The summed E-state index contributed by atoms with van der Waals surface area (Å²) in [5.41, 5.74) is 0.616. The van der Waals surface area contributed by atoms with Gasteiger partial charge in [0.25, 0.3) is 5.56 Å². The Hall–Kier alpha value is -2.49. The van der Waals surface area contributed by atoms with Crippen LogP contribution in [0.15, 0.2) is 26.9 Å². The summed E-state index contributed by atoms with van der Waals surface area (Å²) in [7, 11) is 0. The molecule has 3 aromatic rings. The number of aryl methyl sites for hydroxylation is 1. The summed E-state index contributed by atoms with van der Waals surface area (Å²) in [6.07, 6.45) is 3.07. The molecule has 1 unspecified atom stereocenters. The average Bonchev–Trinajstić information content (AvgIpc) is 3.18. The number of hydrogen-bond donors (Lipinski definition) is 2. The average molecular weight is 333 g/mol. The maximum atomic E-state index is 11.7. The van der Waals surface area contributed by atoms with Crippen molar-refractivity contribution in [2.75, 3.05) is 0 Å². The van der Waals surface area contributed by atoms with Crippen LogP contribution in [0.2, 0.25) is 0 Å². The van der Waals surface area contributed by atoms with Crippen LogP contribution >= 0.6 is 11.8 Å². The van der Waals surface area contributed by atoms with Crippen molar-refractivity contribution in [1.82, 2.24) is 35.3 Å². The standard InChI is InChI=1S/C13H15N7O2S/c1-3-4-8-5-9(21)17-13(16-8)23-7(2)12-18-11(20-22-12)10-14-6-15-19-10/h5-7H,3-4H2,1-2H3,(H,14,15,19)(H,16,17,21). The van der Waals surface area contributed by atoms with Gasteiger partial charge in [-0.25, -0.2) is 9.97 Å². The van der Waals surface area contributed by atoms with E-state index in [-0.39, 0.29) is 10.8 Å². The molecule has 0 aromatic carbocycles. The SMILES string of the molecule is CCCc1cc(=O)[nH]c(SC(C)c2nc(-c3ncn[nH]3)no2)n1. The van der Waals surface area contributed by atoms with Crippen molar-refractivity contribution in [2.45, 2.75) is 37.1 Å². The molecule has 0 bridgehead atoms. The first-order valence-corrected chi connectivity index (χ1v) is 8.00. The molecule has 23 heavy (non-hydrogen) atoms. The van der Waals surface area contributed by atoms with E-state index >= 15 is 0 Å². The van der Waals surface area contributed by atoms with Gasteiger partial charge in [0, 0.05) is 11.8 Å². The Morgan fingerprint density at radius 3 is 3.00 bits per heavy atom. The van der Waals surface area contributed by atoms with E-state index in [1.54, 1.807) is 0 Å². The van der Waals surface area contributed by atoms with Gasteiger partial charge in [0.1, 0.15) is 6.33 Å². The van der Waals surface area contributed by atoms with Gasteiger partial charge in [0.05, 0.1) is 5.25 Å². The van der Waals surface area contributed by atoms with Crippen LogP contribution < -0.4 is 5.56 Å². The molecule has 3 heterocycles. The third-order valence-electron chi connectivity index (χ3n) is 2.98. The van der Waals surface area contributed by atoms with Crippen molar-refractivity contribution in [2.24, 2.45) is 0 Å². The topological polar surface area (TPSA) is 126 Å². The van der Waals surface area contributed by atoms with Crippen molar-refractivity contribution >= 4 is 11.8 Å². The van der Waals surface area contributed by atoms with Gasteiger partial charge >= 0.3 is 0 Å². The highest BCUT2D eigenvalue weighted by molar-refractivity contribution is 7.99. The van der Waals surface area contributed by atoms with Gasteiger partial charge in [-0.1, -0.05) is 30.3 Å². The van der Waals surface area contributed by atoms with Gasteiger partial charge in [0.2, 0.25) is 11.7 Å². The molecule has 0 amide bonds. The predicted octanol–water partition coefficient (Wildman–Crippen LogP) is 1.74. The Kier molecular flexibility index (Phi) is 4.51. The van der Waals surface area contributed by atoms with E-state index in [1.165, 1.54) is 24.2 Å². The molecule has 9 nitrogen and oxygen atoms in total. The second kappa shape index (κ2) is 6.73. The van der Waals surface area contributed by atoms with Gasteiger partial charge < -0.3 is 9.51 Å². The van der Waals surface area contributed by atoms with E-state index in [0.717, 1.165) is 18.5 Å². The van der Waals surface area contributed by atoms with Crippen LogP contribution in [0.3, 0.4) is 0 Å². The van der Waals surface area contributed by atoms with E-state index in [2.05, 4.69) is 35.3 Å². The second-order valence-electron chi connectivity index (χ2n) is 4.84. The Morgan fingerprint density at radius 1 is 1.39 bits per heavy atom. The highest BCUT2D eigenvalue weighted by atomic mass is 32.2. The first-order chi connectivity index (χ1) is 11.2. The molecule has 2 N–H and O–H groups in total. The fourth-order valence-corrected chi connectivity index (χ4v) is 2.81. The van der Waals surface area contributed by atoms with E-state index in [1.807, 2.05) is 13.8 Å². The molecule has 1 atom stereocenters. The van der Waals surface area contributed by atoms with Crippen LogP contribution in [0.4, 0.5) is 0 Å². The summed E-state index contributed by atoms with van der Waals surface area (Å²) in [5, 5.41) is 10.6. The molecule has 0 aliphatic heterocycles. The van der Waals surface area contributed by atoms with Crippen molar-refractivity contribution in [3.05, 3.63) is 34.3 Å². The minimum atomic E-state index is -0.167. The lowest BCUT2D eigenvalue weighted by atomic mass is 10.2. The Balaban J connectivity index is 1.77. The molecular formula is C13H15N7O2S. The van der Waals surface area contributed by atoms with E-state index < -0.39 is 0 Å². The summed E-state index contributed by atoms with van der Waals surface area (Å²) in [6.45, 7) is 3.94. The zero-order chi connectivity index (χ0) is 16.2. The van der Waals surface area contributed by atoms with Gasteiger partial charge in [0.15, 0.2) is 11.0 Å². The van der Waals surface area contributed by atoms with Crippen LogP contribution in [-0.4, -0.2) is 35.3 Å². The highest BCUT2D eigenvalue weighted by Crippen LogP contribution is 2.31. The van der Waals surface area contributed by atoms with Crippen molar-refractivity contribution in [1.29, 1.82) is 0 Å². The molecule has 0 radical (unpaired) electrons. The molecule has 3 rings (SSSR count). The molecule has 0 saturated heterocycles. The zero-order valence-electron chi connectivity index (χ0n) is 12.6. The summed E-state index contributed by atoms with van der Waals surface area (Å²) in [4.78, 5) is 27.1. The summed E-state index contributed by atoms with van der Waals surface area (Å²) in [5.74, 6) is 1.20. The third-order valence-corrected chi connectivity index (χ3v) is 3.96. The molecule has 120 valence electrons. The van der Waals surface area contributed by atoms with Crippen LogP contribution in [-0.2, 0) is 6.42 Å². The first-order valence-electron chi connectivity index (χ1n) is 7.12. The second-order valence-corrected chi connectivity index (χ2v) is 6.17. The van der Waals surface area contributed by atoms with Gasteiger partial charge in [-0.2, -0.15) is 10.1 Å².